The van der Waals surface area contributed by atoms with E-state index in [4.69, 9.17) is 5.11 Å². The number of aliphatic hydroxyl groups is 2. The standard InChI is InChI=1S/C16H26O3/c1-12(6-8-17)5-7-16(11-18)13(2)9-14(19)10-15(16,3)4/h5-7,13,17-18H,8-11H2,1-4H3/b7-5+,12-6-. The molecule has 1 rings (SSSR count). The normalized spacial score (nSPS) is 32.0. The molecule has 1 aliphatic carbocycles. The first-order chi connectivity index (χ1) is 8.79. The topological polar surface area (TPSA) is 57.5 Å². The molecule has 3 nitrogen and oxygen atoms in total. The first kappa shape index (κ1) is 16.1. The van der Waals surface area contributed by atoms with Crippen molar-refractivity contribution < 1.29 is 15.0 Å². The fourth-order valence-electron chi connectivity index (χ4n) is 3.22. The van der Waals surface area contributed by atoms with Crippen LogP contribution in [-0.2, 0) is 4.79 Å². The monoisotopic (exact) mass is 266 g/mol. The van der Waals surface area contributed by atoms with Gasteiger partial charge in [0.1, 0.15) is 5.78 Å². The van der Waals surface area contributed by atoms with Crippen molar-refractivity contribution in [2.45, 2.75) is 40.5 Å². The number of carbonyl (C=O) groups excluding carboxylic acids is 1. The minimum Gasteiger partial charge on any atom is -0.395 e. The summed E-state index contributed by atoms with van der Waals surface area (Å²) in [4.78, 5) is 11.8. The van der Waals surface area contributed by atoms with Crippen LogP contribution in [0.25, 0.3) is 0 Å². The third-order valence-corrected chi connectivity index (χ3v) is 4.63. The minimum absolute atomic E-state index is 0.0136. The maximum absolute atomic E-state index is 11.8. The Kier molecular flexibility index (Phi) is 5.11. The predicted octanol–water partition coefficient (Wildman–Crippen LogP) is 2.49. The second-order valence-electron chi connectivity index (χ2n) is 6.37. The van der Waals surface area contributed by atoms with Crippen LogP contribution in [0.3, 0.4) is 0 Å². The Balaban J connectivity index is 3.13. The fourth-order valence-corrected chi connectivity index (χ4v) is 3.22. The van der Waals surface area contributed by atoms with Gasteiger partial charge < -0.3 is 10.2 Å². The highest BCUT2D eigenvalue weighted by atomic mass is 16.3. The van der Waals surface area contributed by atoms with Gasteiger partial charge in [-0.05, 0) is 18.3 Å². The average molecular weight is 266 g/mol. The summed E-state index contributed by atoms with van der Waals surface area (Å²) in [6, 6.07) is 0. The van der Waals surface area contributed by atoms with Crippen molar-refractivity contribution in [1.29, 1.82) is 0 Å². The fraction of sp³-hybridized carbons (Fsp3) is 0.688. The Labute approximate surface area is 116 Å². The smallest absolute Gasteiger partial charge is 0.133 e. The van der Waals surface area contributed by atoms with Gasteiger partial charge in [-0.1, -0.05) is 44.6 Å². The molecule has 0 saturated heterocycles. The van der Waals surface area contributed by atoms with E-state index in [1.165, 1.54) is 0 Å². The van der Waals surface area contributed by atoms with Gasteiger partial charge in [0.05, 0.1) is 13.2 Å². The number of hydrogen-bond acceptors (Lipinski definition) is 3. The summed E-state index contributed by atoms with van der Waals surface area (Å²) in [7, 11) is 0. The van der Waals surface area contributed by atoms with Crippen molar-refractivity contribution in [2.24, 2.45) is 16.7 Å². The summed E-state index contributed by atoms with van der Waals surface area (Å²) in [5.41, 5.74) is 0.327. The molecule has 108 valence electrons. The zero-order valence-corrected chi connectivity index (χ0v) is 12.4. The van der Waals surface area contributed by atoms with Crippen LogP contribution in [0.2, 0.25) is 0 Å². The van der Waals surface area contributed by atoms with Gasteiger partial charge in [0.15, 0.2) is 0 Å². The van der Waals surface area contributed by atoms with Crippen LogP contribution in [0, 0.1) is 16.7 Å². The van der Waals surface area contributed by atoms with Gasteiger partial charge in [0.2, 0.25) is 0 Å². The summed E-state index contributed by atoms with van der Waals surface area (Å²) in [6.45, 7) is 8.10. The van der Waals surface area contributed by atoms with Crippen LogP contribution < -0.4 is 0 Å². The van der Waals surface area contributed by atoms with Gasteiger partial charge in [0, 0.05) is 18.3 Å². The number of aliphatic hydroxyl groups excluding tert-OH is 2. The van der Waals surface area contributed by atoms with Gasteiger partial charge >= 0.3 is 0 Å². The molecule has 0 aromatic heterocycles. The molecule has 0 spiro atoms. The third kappa shape index (κ3) is 3.15. The number of carbonyl (C=O) groups is 1. The van der Waals surface area contributed by atoms with Crippen molar-refractivity contribution in [3.8, 4) is 0 Å². The lowest BCUT2D eigenvalue weighted by Gasteiger charge is -2.51. The Bertz CT molecular complexity index is 393. The quantitative estimate of drug-likeness (QED) is 0.769. The van der Waals surface area contributed by atoms with Gasteiger partial charge in [-0.2, -0.15) is 0 Å². The molecule has 2 atom stereocenters. The average Bonchev–Trinajstić information content (AvgIpc) is 2.27. The molecule has 0 aromatic carbocycles. The molecule has 3 heteroatoms. The lowest BCUT2D eigenvalue weighted by atomic mass is 9.53. The summed E-state index contributed by atoms with van der Waals surface area (Å²) in [5.74, 6) is 0.393. The molecule has 0 amide bonds. The molecule has 0 radical (unpaired) electrons. The van der Waals surface area contributed by atoms with E-state index in [2.05, 4.69) is 0 Å². The predicted molar refractivity (Wildman–Crippen MR) is 76.7 cm³/mol. The minimum atomic E-state index is -0.383. The molecule has 2 unspecified atom stereocenters. The summed E-state index contributed by atoms with van der Waals surface area (Å²) < 4.78 is 0. The molecule has 1 saturated carbocycles. The number of ketones is 1. The maximum atomic E-state index is 11.8. The first-order valence-corrected chi connectivity index (χ1v) is 6.88. The van der Waals surface area contributed by atoms with E-state index < -0.39 is 0 Å². The summed E-state index contributed by atoms with van der Waals surface area (Å²) >= 11 is 0. The second kappa shape index (κ2) is 6.02. The van der Waals surface area contributed by atoms with Crippen LogP contribution in [-0.4, -0.2) is 29.2 Å². The Hall–Kier alpha value is -0.930. The highest BCUT2D eigenvalue weighted by molar-refractivity contribution is 5.80. The molecule has 0 aliphatic heterocycles. The zero-order chi connectivity index (χ0) is 14.7. The first-order valence-electron chi connectivity index (χ1n) is 6.88. The number of rotatable bonds is 4. The maximum Gasteiger partial charge on any atom is 0.133 e. The van der Waals surface area contributed by atoms with Crippen LogP contribution >= 0.6 is 0 Å². The van der Waals surface area contributed by atoms with E-state index in [1.54, 1.807) is 6.08 Å². The van der Waals surface area contributed by atoms with Gasteiger partial charge in [-0.25, -0.2) is 0 Å². The molecule has 19 heavy (non-hydrogen) atoms. The largest absolute Gasteiger partial charge is 0.395 e. The third-order valence-electron chi connectivity index (χ3n) is 4.63. The van der Waals surface area contributed by atoms with Crippen molar-refractivity contribution >= 4 is 5.78 Å². The van der Waals surface area contributed by atoms with Crippen molar-refractivity contribution in [3.05, 3.63) is 23.8 Å². The van der Waals surface area contributed by atoms with Crippen LogP contribution in [0.5, 0.6) is 0 Å². The van der Waals surface area contributed by atoms with Crippen molar-refractivity contribution in [3.63, 3.8) is 0 Å². The Morgan fingerprint density at radius 1 is 1.42 bits per heavy atom. The van der Waals surface area contributed by atoms with Gasteiger partial charge in [0.25, 0.3) is 0 Å². The molecule has 2 N–H and O–H groups in total. The lowest BCUT2D eigenvalue weighted by Crippen LogP contribution is -2.50. The number of allylic oxidation sites excluding steroid dienone is 2. The Morgan fingerprint density at radius 2 is 2.05 bits per heavy atom. The van der Waals surface area contributed by atoms with E-state index >= 15 is 0 Å². The van der Waals surface area contributed by atoms with E-state index in [-0.39, 0.29) is 35.7 Å². The highest BCUT2D eigenvalue weighted by Crippen LogP contribution is 2.53. The number of Topliss-reactive ketones (excluding diaryl/α,β-unsaturated/α-hetero) is 1. The van der Waals surface area contributed by atoms with Crippen molar-refractivity contribution in [2.75, 3.05) is 13.2 Å². The summed E-state index contributed by atoms with van der Waals surface area (Å²) in [6.07, 6.45) is 6.74. The van der Waals surface area contributed by atoms with E-state index in [9.17, 15) is 9.90 Å². The molecule has 0 bridgehead atoms. The van der Waals surface area contributed by atoms with Gasteiger partial charge in [-0.3, -0.25) is 4.79 Å². The molecule has 1 fully saturated rings. The zero-order valence-electron chi connectivity index (χ0n) is 12.4. The Morgan fingerprint density at radius 3 is 2.53 bits per heavy atom. The molecular formula is C16H26O3. The molecule has 0 heterocycles. The second-order valence-corrected chi connectivity index (χ2v) is 6.37. The van der Waals surface area contributed by atoms with Crippen molar-refractivity contribution in [1.82, 2.24) is 0 Å². The van der Waals surface area contributed by atoms with Crippen LogP contribution in [0.1, 0.15) is 40.5 Å². The van der Waals surface area contributed by atoms with Crippen LogP contribution in [0.4, 0.5) is 0 Å². The number of hydrogen-bond donors (Lipinski definition) is 2. The SMILES string of the molecule is CC(=C/CO)/C=C/C1(CO)C(C)CC(=O)CC1(C)C. The van der Waals surface area contributed by atoms with E-state index in [0.29, 0.717) is 12.8 Å². The van der Waals surface area contributed by atoms with Crippen LogP contribution in [0.15, 0.2) is 23.8 Å². The van der Waals surface area contributed by atoms with E-state index in [1.807, 2.05) is 39.8 Å². The summed E-state index contributed by atoms with van der Waals surface area (Å²) in [5, 5.41) is 18.8. The van der Waals surface area contributed by atoms with E-state index in [0.717, 1.165) is 5.57 Å². The lowest BCUT2D eigenvalue weighted by molar-refractivity contribution is -0.133. The molecular weight excluding hydrogens is 240 g/mol. The highest BCUT2D eigenvalue weighted by Gasteiger charge is 2.51. The molecule has 1 aliphatic rings. The van der Waals surface area contributed by atoms with Gasteiger partial charge in [-0.15, -0.1) is 0 Å². The molecule has 0 aromatic rings.